The fourth-order valence-electron chi connectivity index (χ4n) is 2.68. The van der Waals surface area contributed by atoms with Gasteiger partial charge in [-0.15, -0.1) is 0 Å². The summed E-state index contributed by atoms with van der Waals surface area (Å²) in [4.78, 5) is 0. The Balaban J connectivity index is 2.36. The van der Waals surface area contributed by atoms with Gasteiger partial charge in [0.25, 0.3) is 0 Å². The van der Waals surface area contributed by atoms with Crippen molar-refractivity contribution in [2.45, 2.75) is 19.3 Å². The summed E-state index contributed by atoms with van der Waals surface area (Å²) in [5.41, 5.74) is 1.28. The summed E-state index contributed by atoms with van der Waals surface area (Å²) in [7, 11) is 3.40. The van der Waals surface area contributed by atoms with Crippen LogP contribution in [0, 0.1) is 5.92 Å². The number of ether oxygens (including phenoxy) is 2. The monoisotopic (exact) mass is 235 g/mol. The van der Waals surface area contributed by atoms with Crippen molar-refractivity contribution < 1.29 is 9.47 Å². The molecule has 0 amide bonds. The largest absolute Gasteiger partial charge is 0.493 e. The summed E-state index contributed by atoms with van der Waals surface area (Å²) >= 11 is 0. The average Bonchev–Trinajstić information content (AvgIpc) is 2.38. The highest BCUT2D eigenvalue weighted by Gasteiger charge is 2.26. The molecule has 94 valence electrons. The number of para-hydroxylation sites is 1. The molecule has 2 unspecified atom stereocenters. The van der Waals surface area contributed by atoms with Crippen molar-refractivity contribution in [3.63, 3.8) is 0 Å². The van der Waals surface area contributed by atoms with Gasteiger partial charge in [-0.3, -0.25) is 0 Å². The maximum absolute atomic E-state index is 5.52. The van der Waals surface area contributed by atoms with Crippen molar-refractivity contribution in [3.05, 3.63) is 23.8 Å². The maximum atomic E-state index is 5.52. The topological polar surface area (TPSA) is 30.5 Å². The van der Waals surface area contributed by atoms with Crippen LogP contribution in [0.4, 0.5) is 0 Å². The molecule has 1 saturated heterocycles. The van der Waals surface area contributed by atoms with Crippen LogP contribution in [-0.2, 0) is 0 Å². The van der Waals surface area contributed by atoms with E-state index in [1.807, 2.05) is 12.1 Å². The molecule has 1 aliphatic rings. The molecule has 1 N–H and O–H groups in total. The predicted molar refractivity (Wildman–Crippen MR) is 68.9 cm³/mol. The molecule has 1 aliphatic heterocycles. The Morgan fingerprint density at radius 3 is 2.71 bits per heavy atom. The lowest BCUT2D eigenvalue weighted by Gasteiger charge is -2.31. The first kappa shape index (κ1) is 12.2. The lowest BCUT2D eigenvalue weighted by Crippen LogP contribution is -2.33. The molecule has 2 rings (SSSR count). The van der Waals surface area contributed by atoms with Gasteiger partial charge in [-0.1, -0.05) is 19.1 Å². The van der Waals surface area contributed by atoms with E-state index in [0.29, 0.717) is 11.8 Å². The Morgan fingerprint density at radius 1 is 1.24 bits per heavy atom. The highest BCUT2D eigenvalue weighted by atomic mass is 16.5. The van der Waals surface area contributed by atoms with Gasteiger partial charge in [0.2, 0.25) is 0 Å². The molecular weight excluding hydrogens is 214 g/mol. The first-order chi connectivity index (χ1) is 8.27. The van der Waals surface area contributed by atoms with Gasteiger partial charge < -0.3 is 14.8 Å². The summed E-state index contributed by atoms with van der Waals surface area (Å²) in [6, 6.07) is 6.16. The van der Waals surface area contributed by atoms with Crippen LogP contribution in [0.2, 0.25) is 0 Å². The summed E-state index contributed by atoms with van der Waals surface area (Å²) in [5, 5.41) is 3.43. The van der Waals surface area contributed by atoms with E-state index in [1.165, 1.54) is 5.56 Å². The van der Waals surface area contributed by atoms with Crippen molar-refractivity contribution in [2.75, 3.05) is 27.3 Å². The van der Waals surface area contributed by atoms with Crippen LogP contribution in [0.5, 0.6) is 11.5 Å². The lowest BCUT2D eigenvalue weighted by molar-refractivity contribution is 0.319. The average molecular weight is 235 g/mol. The molecular formula is C14H21NO2. The van der Waals surface area contributed by atoms with E-state index in [9.17, 15) is 0 Å². The lowest BCUT2D eigenvalue weighted by atomic mass is 9.82. The van der Waals surface area contributed by atoms with E-state index in [2.05, 4.69) is 18.3 Å². The van der Waals surface area contributed by atoms with E-state index < -0.39 is 0 Å². The predicted octanol–water partition coefficient (Wildman–Crippen LogP) is 2.42. The highest BCUT2D eigenvalue weighted by Crippen LogP contribution is 2.40. The molecule has 0 radical (unpaired) electrons. The van der Waals surface area contributed by atoms with Crippen LogP contribution in [0.3, 0.4) is 0 Å². The molecule has 1 aromatic rings. The third-order valence-electron chi connectivity index (χ3n) is 3.62. The quantitative estimate of drug-likeness (QED) is 0.872. The van der Waals surface area contributed by atoms with Crippen LogP contribution >= 0.6 is 0 Å². The summed E-state index contributed by atoms with van der Waals surface area (Å²) in [6.07, 6.45) is 1.16. The zero-order chi connectivity index (χ0) is 12.3. The first-order valence-electron chi connectivity index (χ1n) is 6.19. The number of nitrogens with one attached hydrogen (secondary N) is 1. The van der Waals surface area contributed by atoms with Crippen molar-refractivity contribution in [1.82, 2.24) is 5.32 Å². The Labute approximate surface area is 103 Å². The van der Waals surface area contributed by atoms with Crippen molar-refractivity contribution in [1.29, 1.82) is 0 Å². The van der Waals surface area contributed by atoms with Crippen LogP contribution in [0.1, 0.15) is 24.8 Å². The van der Waals surface area contributed by atoms with Crippen molar-refractivity contribution in [3.8, 4) is 11.5 Å². The molecule has 3 heteroatoms. The van der Waals surface area contributed by atoms with E-state index in [-0.39, 0.29) is 0 Å². The highest BCUT2D eigenvalue weighted by molar-refractivity contribution is 5.48. The van der Waals surface area contributed by atoms with Gasteiger partial charge in [0.15, 0.2) is 11.5 Å². The zero-order valence-corrected chi connectivity index (χ0v) is 10.8. The minimum atomic E-state index is 0.557. The van der Waals surface area contributed by atoms with Gasteiger partial charge in [-0.2, -0.15) is 0 Å². The normalized spacial score (nSPS) is 24.4. The smallest absolute Gasteiger partial charge is 0.164 e. The SMILES string of the molecule is COc1cccc(C2CCNCC2C)c1OC. The van der Waals surface area contributed by atoms with Crippen molar-refractivity contribution >= 4 is 0 Å². The van der Waals surface area contributed by atoms with Crippen molar-refractivity contribution in [2.24, 2.45) is 5.92 Å². The molecule has 1 fully saturated rings. The molecule has 0 bridgehead atoms. The molecule has 17 heavy (non-hydrogen) atoms. The molecule has 1 heterocycles. The standard InChI is InChI=1S/C14H21NO2/c1-10-9-15-8-7-11(10)12-5-4-6-13(16-2)14(12)17-3/h4-6,10-11,15H,7-9H2,1-3H3. The molecule has 0 spiro atoms. The van der Waals surface area contributed by atoms with Crippen LogP contribution in [0.25, 0.3) is 0 Å². The van der Waals surface area contributed by atoms with Gasteiger partial charge in [0, 0.05) is 5.56 Å². The second-order valence-corrected chi connectivity index (χ2v) is 4.66. The van der Waals surface area contributed by atoms with Crippen LogP contribution in [0.15, 0.2) is 18.2 Å². The first-order valence-corrected chi connectivity index (χ1v) is 6.19. The minimum absolute atomic E-state index is 0.557. The Kier molecular flexibility index (Phi) is 3.89. The Hall–Kier alpha value is -1.22. The summed E-state index contributed by atoms with van der Waals surface area (Å²) < 4.78 is 10.9. The fraction of sp³-hybridized carbons (Fsp3) is 0.571. The number of rotatable bonds is 3. The van der Waals surface area contributed by atoms with E-state index in [4.69, 9.17) is 9.47 Å². The molecule has 1 aromatic carbocycles. The zero-order valence-electron chi connectivity index (χ0n) is 10.8. The van der Waals surface area contributed by atoms with E-state index in [0.717, 1.165) is 31.0 Å². The maximum Gasteiger partial charge on any atom is 0.164 e. The third-order valence-corrected chi connectivity index (χ3v) is 3.62. The number of methoxy groups -OCH3 is 2. The van der Waals surface area contributed by atoms with Gasteiger partial charge >= 0.3 is 0 Å². The van der Waals surface area contributed by atoms with Gasteiger partial charge in [0.05, 0.1) is 14.2 Å². The second-order valence-electron chi connectivity index (χ2n) is 4.66. The second kappa shape index (κ2) is 5.41. The molecule has 0 aromatic heterocycles. The Morgan fingerprint density at radius 2 is 2.06 bits per heavy atom. The van der Waals surface area contributed by atoms with Gasteiger partial charge in [0.1, 0.15) is 0 Å². The van der Waals surface area contributed by atoms with Gasteiger partial charge in [-0.05, 0) is 37.4 Å². The van der Waals surface area contributed by atoms with E-state index in [1.54, 1.807) is 14.2 Å². The Bertz CT molecular complexity index is 378. The van der Waals surface area contributed by atoms with Gasteiger partial charge in [-0.25, -0.2) is 0 Å². The number of benzene rings is 1. The van der Waals surface area contributed by atoms with Crippen LogP contribution in [-0.4, -0.2) is 27.3 Å². The molecule has 2 atom stereocenters. The number of hydrogen-bond acceptors (Lipinski definition) is 3. The number of piperidine rings is 1. The molecule has 0 saturated carbocycles. The van der Waals surface area contributed by atoms with E-state index >= 15 is 0 Å². The van der Waals surface area contributed by atoms with Crippen LogP contribution < -0.4 is 14.8 Å². The summed E-state index contributed by atoms with van der Waals surface area (Å²) in [6.45, 7) is 4.44. The molecule has 3 nitrogen and oxygen atoms in total. The summed E-state index contributed by atoms with van der Waals surface area (Å²) in [5.74, 6) is 2.91. The number of hydrogen-bond donors (Lipinski definition) is 1. The minimum Gasteiger partial charge on any atom is -0.493 e. The fourth-order valence-corrected chi connectivity index (χ4v) is 2.68. The molecule has 0 aliphatic carbocycles. The third kappa shape index (κ3) is 2.39.